The zero-order chi connectivity index (χ0) is 11.1. The average Bonchev–Trinajstić information content (AvgIpc) is 2.21. The Morgan fingerprint density at radius 1 is 1.44 bits per heavy atom. The summed E-state index contributed by atoms with van der Waals surface area (Å²) in [6.07, 6.45) is 0. The standard InChI is InChI=1S/C12H14N2O2/c1-14-10-3-2-8(9-5-13-6-9)4-11(10)16-7-12(14)15/h2-4,9,13H,5-7H2,1H3. The highest BCUT2D eigenvalue weighted by molar-refractivity contribution is 5.97. The van der Waals surface area contributed by atoms with E-state index < -0.39 is 0 Å². The predicted molar refractivity (Wildman–Crippen MR) is 61.0 cm³/mol. The van der Waals surface area contributed by atoms with E-state index in [0.29, 0.717) is 5.92 Å². The summed E-state index contributed by atoms with van der Waals surface area (Å²) in [5.74, 6) is 1.42. The second-order valence-electron chi connectivity index (χ2n) is 4.32. The Balaban J connectivity index is 1.96. The molecule has 1 aromatic rings. The molecule has 4 heteroatoms. The number of likely N-dealkylation sites (N-methyl/N-ethyl adjacent to an activating group) is 1. The van der Waals surface area contributed by atoms with Crippen molar-refractivity contribution in [2.75, 3.05) is 31.6 Å². The summed E-state index contributed by atoms with van der Waals surface area (Å²) in [7, 11) is 1.79. The highest BCUT2D eigenvalue weighted by atomic mass is 16.5. The molecule has 2 aliphatic heterocycles. The van der Waals surface area contributed by atoms with Crippen LogP contribution in [0.1, 0.15) is 11.5 Å². The first kappa shape index (κ1) is 9.66. The van der Waals surface area contributed by atoms with Gasteiger partial charge in [-0.05, 0) is 17.7 Å². The Kier molecular flexibility index (Phi) is 2.11. The van der Waals surface area contributed by atoms with E-state index >= 15 is 0 Å². The van der Waals surface area contributed by atoms with Gasteiger partial charge in [0.1, 0.15) is 5.75 Å². The normalized spacial score (nSPS) is 20.1. The number of carbonyl (C=O) groups excluding carboxylic acids is 1. The van der Waals surface area contributed by atoms with Crippen LogP contribution in [0.5, 0.6) is 5.75 Å². The number of nitrogens with zero attached hydrogens (tertiary/aromatic N) is 1. The van der Waals surface area contributed by atoms with Gasteiger partial charge in [0.15, 0.2) is 6.61 Å². The maximum atomic E-state index is 11.4. The number of amides is 1. The number of carbonyl (C=O) groups is 1. The van der Waals surface area contributed by atoms with E-state index in [1.165, 1.54) is 5.56 Å². The molecule has 16 heavy (non-hydrogen) atoms. The van der Waals surface area contributed by atoms with E-state index in [1.807, 2.05) is 6.07 Å². The molecule has 0 aromatic heterocycles. The fraction of sp³-hybridized carbons (Fsp3) is 0.417. The van der Waals surface area contributed by atoms with Gasteiger partial charge >= 0.3 is 0 Å². The Hall–Kier alpha value is -1.55. The first-order valence-corrected chi connectivity index (χ1v) is 5.50. The van der Waals surface area contributed by atoms with Crippen LogP contribution in [-0.2, 0) is 4.79 Å². The molecule has 2 aliphatic rings. The van der Waals surface area contributed by atoms with Crippen molar-refractivity contribution in [3.05, 3.63) is 23.8 Å². The zero-order valence-electron chi connectivity index (χ0n) is 9.19. The van der Waals surface area contributed by atoms with E-state index in [1.54, 1.807) is 11.9 Å². The summed E-state index contributed by atoms with van der Waals surface area (Å²) >= 11 is 0. The molecule has 1 amide bonds. The SMILES string of the molecule is CN1C(=O)COc2cc(C3CNC3)ccc21. The van der Waals surface area contributed by atoms with Gasteiger partial charge in [-0.2, -0.15) is 0 Å². The number of hydrogen-bond donors (Lipinski definition) is 1. The summed E-state index contributed by atoms with van der Waals surface area (Å²) in [5.41, 5.74) is 2.16. The van der Waals surface area contributed by atoms with E-state index in [4.69, 9.17) is 4.74 Å². The third-order valence-corrected chi connectivity index (χ3v) is 3.32. The number of nitrogens with one attached hydrogen (secondary N) is 1. The highest BCUT2D eigenvalue weighted by Gasteiger charge is 2.25. The van der Waals surface area contributed by atoms with Gasteiger partial charge in [-0.15, -0.1) is 0 Å². The summed E-state index contributed by atoms with van der Waals surface area (Å²) < 4.78 is 5.45. The van der Waals surface area contributed by atoms with Crippen molar-refractivity contribution in [2.45, 2.75) is 5.92 Å². The molecule has 0 saturated carbocycles. The number of fused-ring (bicyclic) bond motifs is 1. The van der Waals surface area contributed by atoms with Gasteiger partial charge in [-0.1, -0.05) is 6.07 Å². The number of benzene rings is 1. The second-order valence-corrected chi connectivity index (χ2v) is 4.32. The zero-order valence-corrected chi connectivity index (χ0v) is 9.19. The summed E-state index contributed by atoms with van der Waals surface area (Å²) in [4.78, 5) is 13.1. The van der Waals surface area contributed by atoms with Gasteiger partial charge in [-0.3, -0.25) is 4.79 Å². The van der Waals surface area contributed by atoms with Crippen LogP contribution >= 0.6 is 0 Å². The molecular weight excluding hydrogens is 204 g/mol. The minimum absolute atomic E-state index is 0.00515. The van der Waals surface area contributed by atoms with Gasteiger partial charge in [0.25, 0.3) is 5.91 Å². The monoisotopic (exact) mass is 218 g/mol. The van der Waals surface area contributed by atoms with E-state index in [2.05, 4.69) is 17.4 Å². The molecule has 2 heterocycles. The third-order valence-electron chi connectivity index (χ3n) is 3.32. The fourth-order valence-corrected chi connectivity index (χ4v) is 2.07. The molecule has 1 saturated heterocycles. The van der Waals surface area contributed by atoms with Crippen molar-refractivity contribution < 1.29 is 9.53 Å². The lowest BCUT2D eigenvalue weighted by molar-refractivity contribution is -0.120. The maximum Gasteiger partial charge on any atom is 0.264 e. The highest BCUT2D eigenvalue weighted by Crippen LogP contribution is 2.34. The molecule has 0 bridgehead atoms. The molecule has 84 valence electrons. The summed E-state index contributed by atoms with van der Waals surface area (Å²) in [6.45, 7) is 2.22. The van der Waals surface area contributed by atoms with Crippen LogP contribution in [0.2, 0.25) is 0 Å². The molecule has 3 rings (SSSR count). The molecule has 0 spiro atoms. The topological polar surface area (TPSA) is 41.6 Å². The van der Waals surface area contributed by atoms with Crippen molar-refractivity contribution in [3.8, 4) is 5.75 Å². The molecule has 1 fully saturated rings. The lowest BCUT2D eigenvalue weighted by Gasteiger charge is -2.30. The van der Waals surface area contributed by atoms with Crippen molar-refractivity contribution in [2.24, 2.45) is 0 Å². The van der Waals surface area contributed by atoms with Crippen LogP contribution in [0.25, 0.3) is 0 Å². The Labute approximate surface area is 94.2 Å². The molecule has 0 atom stereocenters. The van der Waals surface area contributed by atoms with Crippen LogP contribution in [0.4, 0.5) is 5.69 Å². The van der Waals surface area contributed by atoms with Gasteiger partial charge < -0.3 is 15.0 Å². The lowest BCUT2D eigenvalue weighted by atomic mass is 9.93. The van der Waals surface area contributed by atoms with Crippen LogP contribution in [-0.4, -0.2) is 32.7 Å². The van der Waals surface area contributed by atoms with Crippen LogP contribution in [0.15, 0.2) is 18.2 Å². The fourth-order valence-electron chi connectivity index (χ4n) is 2.07. The first-order valence-electron chi connectivity index (χ1n) is 5.50. The van der Waals surface area contributed by atoms with Gasteiger partial charge in [0.05, 0.1) is 5.69 Å². The maximum absolute atomic E-state index is 11.4. The third kappa shape index (κ3) is 1.38. The minimum Gasteiger partial charge on any atom is -0.482 e. The Bertz CT molecular complexity index is 441. The Morgan fingerprint density at radius 3 is 2.94 bits per heavy atom. The van der Waals surface area contributed by atoms with Gasteiger partial charge in [0, 0.05) is 26.1 Å². The number of rotatable bonds is 1. The molecule has 0 radical (unpaired) electrons. The van der Waals surface area contributed by atoms with Crippen molar-refractivity contribution in [1.29, 1.82) is 0 Å². The van der Waals surface area contributed by atoms with Crippen LogP contribution < -0.4 is 15.0 Å². The van der Waals surface area contributed by atoms with Crippen LogP contribution in [0.3, 0.4) is 0 Å². The van der Waals surface area contributed by atoms with E-state index in [-0.39, 0.29) is 12.5 Å². The van der Waals surface area contributed by atoms with Crippen molar-refractivity contribution >= 4 is 11.6 Å². The minimum atomic E-state index is 0.00515. The van der Waals surface area contributed by atoms with E-state index in [9.17, 15) is 4.79 Å². The van der Waals surface area contributed by atoms with Gasteiger partial charge in [-0.25, -0.2) is 0 Å². The van der Waals surface area contributed by atoms with Crippen LogP contribution in [0, 0.1) is 0 Å². The predicted octanol–water partition coefficient (Wildman–Crippen LogP) is 0.729. The molecule has 0 aliphatic carbocycles. The number of ether oxygens (including phenoxy) is 1. The quantitative estimate of drug-likeness (QED) is 0.755. The van der Waals surface area contributed by atoms with Gasteiger partial charge in [0.2, 0.25) is 0 Å². The van der Waals surface area contributed by atoms with Crippen molar-refractivity contribution in [3.63, 3.8) is 0 Å². The first-order chi connectivity index (χ1) is 7.75. The molecule has 4 nitrogen and oxygen atoms in total. The smallest absolute Gasteiger partial charge is 0.264 e. The average molecular weight is 218 g/mol. The molecule has 0 unspecified atom stereocenters. The molecule has 1 N–H and O–H groups in total. The number of anilines is 1. The second kappa shape index (κ2) is 3.49. The summed E-state index contributed by atoms with van der Waals surface area (Å²) in [5, 5.41) is 3.25. The van der Waals surface area contributed by atoms with Crippen molar-refractivity contribution in [1.82, 2.24) is 5.32 Å². The Morgan fingerprint density at radius 2 is 2.25 bits per heavy atom. The van der Waals surface area contributed by atoms with E-state index in [0.717, 1.165) is 24.5 Å². The summed E-state index contributed by atoms with van der Waals surface area (Å²) in [6, 6.07) is 6.12. The lowest BCUT2D eigenvalue weighted by Crippen LogP contribution is -2.40. The molecular formula is C12H14N2O2. The molecule has 1 aromatic carbocycles. The number of hydrogen-bond acceptors (Lipinski definition) is 3. The largest absolute Gasteiger partial charge is 0.482 e.